The zero-order valence-electron chi connectivity index (χ0n) is 9.52. The van der Waals surface area contributed by atoms with Crippen LogP contribution in [0.3, 0.4) is 0 Å². The Labute approximate surface area is 101 Å². The predicted molar refractivity (Wildman–Crippen MR) is 64.2 cm³/mol. The lowest BCUT2D eigenvalue weighted by Gasteiger charge is -2.21. The zero-order chi connectivity index (χ0) is 11.9. The van der Waals surface area contributed by atoms with Gasteiger partial charge in [0.2, 0.25) is 0 Å². The van der Waals surface area contributed by atoms with Gasteiger partial charge >= 0.3 is 0 Å². The van der Waals surface area contributed by atoms with Gasteiger partial charge < -0.3 is 0 Å². The molecule has 0 spiro atoms. The van der Waals surface area contributed by atoms with Crippen molar-refractivity contribution in [2.24, 2.45) is 5.92 Å². The minimum Gasteiger partial charge on any atom is -0.295 e. The predicted octanol–water partition coefficient (Wildman–Crippen LogP) is 2.76. The molecule has 0 saturated heterocycles. The van der Waals surface area contributed by atoms with Crippen LogP contribution < -0.4 is 0 Å². The Balaban J connectivity index is 2.01. The van der Waals surface area contributed by atoms with Gasteiger partial charge in [-0.2, -0.15) is 5.26 Å². The van der Waals surface area contributed by atoms with Crippen molar-refractivity contribution in [3.63, 3.8) is 0 Å². The van der Waals surface area contributed by atoms with Gasteiger partial charge in [0.25, 0.3) is 0 Å². The Hall–Kier alpha value is -1.88. The Morgan fingerprint density at radius 3 is 2.71 bits per heavy atom. The molecule has 17 heavy (non-hydrogen) atoms. The molecule has 1 aromatic carbocycles. The van der Waals surface area contributed by atoms with Crippen LogP contribution in [0.25, 0.3) is 0 Å². The first-order chi connectivity index (χ1) is 8.23. The first-order valence-electron chi connectivity index (χ1n) is 5.94. The van der Waals surface area contributed by atoms with Crippen molar-refractivity contribution < 1.29 is 4.79 Å². The SMILES string of the molecule is N#C[C@@]1(c2ccccc2)CC2=CC(=O)C[C@H]2C1. The fourth-order valence-electron chi connectivity index (χ4n) is 3.12. The Morgan fingerprint density at radius 1 is 1.29 bits per heavy atom. The number of hydrogen-bond acceptors (Lipinski definition) is 2. The summed E-state index contributed by atoms with van der Waals surface area (Å²) in [7, 11) is 0. The van der Waals surface area contributed by atoms with E-state index in [1.807, 2.05) is 30.3 Å². The van der Waals surface area contributed by atoms with E-state index < -0.39 is 5.41 Å². The maximum absolute atomic E-state index is 11.3. The first kappa shape index (κ1) is 10.3. The van der Waals surface area contributed by atoms with Crippen molar-refractivity contribution >= 4 is 5.78 Å². The van der Waals surface area contributed by atoms with Gasteiger partial charge in [0.15, 0.2) is 5.78 Å². The van der Waals surface area contributed by atoms with Crippen molar-refractivity contribution in [3.05, 3.63) is 47.5 Å². The summed E-state index contributed by atoms with van der Waals surface area (Å²) in [4.78, 5) is 11.3. The minimum atomic E-state index is -0.404. The van der Waals surface area contributed by atoms with E-state index in [4.69, 9.17) is 0 Å². The topological polar surface area (TPSA) is 40.9 Å². The molecule has 0 unspecified atom stereocenters. The molecule has 0 N–H and O–H groups in total. The molecule has 1 fully saturated rings. The van der Waals surface area contributed by atoms with Gasteiger partial charge in [-0.25, -0.2) is 0 Å². The number of rotatable bonds is 1. The highest BCUT2D eigenvalue weighted by molar-refractivity contribution is 5.94. The average Bonchev–Trinajstić information content (AvgIpc) is 2.85. The molecule has 2 atom stereocenters. The van der Waals surface area contributed by atoms with Gasteiger partial charge in [-0.05, 0) is 30.4 Å². The number of carbonyl (C=O) groups excluding carboxylic acids is 1. The summed E-state index contributed by atoms with van der Waals surface area (Å²) in [5.41, 5.74) is 1.86. The second kappa shape index (κ2) is 3.56. The third-order valence-corrected chi connectivity index (χ3v) is 3.96. The molecule has 0 heterocycles. The van der Waals surface area contributed by atoms with E-state index in [0.717, 1.165) is 18.4 Å². The summed E-state index contributed by atoms with van der Waals surface area (Å²) in [6.07, 6.45) is 3.88. The molecule has 1 aromatic rings. The van der Waals surface area contributed by atoms with Crippen LogP contribution in [0.1, 0.15) is 24.8 Å². The van der Waals surface area contributed by atoms with E-state index in [-0.39, 0.29) is 5.78 Å². The van der Waals surface area contributed by atoms with E-state index in [9.17, 15) is 10.1 Å². The number of allylic oxidation sites excluding steroid dienone is 2. The molecule has 2 heteroatoms. The summed E-state index contributed by atoms with van der Waals surface area (Å²) in [5, 5.41) is 9.53. The van der Waals surface area contributed by atoms with E-state index in [1.165, 1.54) is 5.57 Å². The lowest BCUT2D eigenvalue weighted by molar-refractivity contribution is -0.114. The summed E-state index contributed by atoms with van der Waals surface area (Å²) >= 11 is 0. The molecule has 0 amide bonds. The van der Waals surface area contributed by atoms with Crippen molar-refractivity contribution in [2.45, 2.75) is 24.7 Å². The summed E-state index contributed by atoms with van der Waals surface area (Å²) in [6.45, 7) is 0. The van der Waals surface area contributed by atoms with Crippen LogP contribution in [0, 0.1) is 17.2 Å². The van der Waals surface area contributed by atoms with E-state index in [1.54, 1.807) is 6.08 Å². The molecule has 2 nitrogen and oxygen atoms in total. The van der Waals surface area contributed by atoms with Crippen LogP contribution in [0.5, 0.6) is 0 Å². The van der Waals surface area contributed by atoms with E-state index in [2.05, 4.69) is 6.07 Å². The molecule has 0 aromatic heterocycles. The number of ketones is 1. The van der Waals surface area contributed by atoms with Gasteiger partial charge in [-0.3, -0.25) is 4.79 Å². The number of nitriles is 1. The van der Waals surface area contributed by atoms with Crippen LogP contribution >= 0.6 is 0 Å². The van der Waals surface area contributed by atoms with Crippen molar-refractivity contribution in [2.75, 3.05) is 0 Å². The quantitative estimate of drug-likeness (QED) is 0.734. The van der Waals surface area contributed by atoms with E-state index >= 15 is 0 Å². The summed E-state index contributed by atoms with van der Waals surface area (Å²) < 4.78 is 0. The Kier molecular flexibility index (Phi) is 2.16. The second-order valence-corrected chi connectivity index (χ2v) is 5.03. The fourth-order valence-corrected chi connectivity index (χ4v) is 3.12. The number of carbonyl (C=O) groups is 1. The van der Waals surface area contributed by atoms with Crippen LogP contribution in [-0.2, 0) is 10.2 Å². The second-order valence-electron chi connectivity index (χ2n) is 5.03. The molecule has 3 rings (SSSR count). The van der Waals surface area contributed by atoms with Gasteiger partial charge in [0.05, 0.1) is 11.5 Å². The highest BCUT2D eigenvalue weighted by Crippen LogP contribution is 2.50. The normalized spacial score (nSPS) is 30.9. The molecule has 0 radical (unpaired) electrons. The number of fused-ring (bicyclic) bond motifs is 1. The number of hydrogen-bond donors (Lipinski definition) is 0. The smallest absolute Gasteiger partial charge is 0.156 e. The molecule has 0 bridgehead atoms. The number of nitrogens with zero attached hydrogens (tertiary/aromatic N) is 1. The van der Waals surface area contributed by atoms with Crippen LogP contribution in [0.15, 0.2) is 42.0 Å². The maximum atomic E-state index is 11.3. The van der Waals surface area contributed by atoms with Crippen molar-refractivity contribution in [1.29, 1.82) is 5.26 Å². The van der Waals surface area contributed by atoms with Gasteiger partial charge in [-0.1, -0.05) is 35.9 Å². The van der Waals surface area contributed by atoms with Crippen LogP contribution in [0.4, 0.5) is 0 Å². The molecular weight excluding hydrogens is 210 g/mol. The number of benzene rings is 1. The standard InChI is InChI=1S/C15H13NO/c16-10-15(13-4-2-1-3-5-13)8-11-6-14(17)7-12(11)9-15/h1-6,12H,7-9H2/t12-,15+/m0/s1. The third kappa shape index (κ3) is 1.51. The molecule has 2 aliphatic carbocycles. The monoisotopic (exact) mass is 223 g/mol. The molecule has 84 valence electrons. The van der Waals surface area contributed by atoms with Gasteiger partial charge in [0, 0.05) is 6.42 Å². The minimum absolute atomic E-state index is 0.226. The molecule has 0 aliphatic heterocycles. The summed E-state index contributed by atoms with van der Waals surface area (Å²) in [5.74, 6) is 0.534. The highest BCUT2D eigenvalue weighted by atomic mass is 16.1. The van der Waals surface area contributed by atoms with E-state index in [0.29, 0.717) is 12.3 Å². The zero-order valence-corrected chi connectivity index (χ0v) is 9.52. The molecule has 2 aliphatic rings. The molecule has 1 saturated carbocycles. The van der Waals surface area contributed by atoms with Crippen molar-refractivity contribution in [3.8, 4) is 6.07 Å². The van der Waals surface area contributed by atoms with Crippen LogP contribution in [0.2, 0.25) is 0 Å². The lowest BCUT2D eigenvalue weighted by atomic mass is 9.79. The third-order valence-electron chi connectivity index (χ3n) is 3.96. The largest absolute Gasteiger partial charge is 0.295 e. The maximum Gasteiger partial charge on any atom is 0.156 e. The van der Waals surface area contributed by atoms with Crippen LogP contribution in [-0.4, -0.2) is 5.78 Å². The Bertz CT molecular complexity index is 538. The Morgan fingerprint density at radius 2 is 2.06 bits per heavy atom. The molecular formula is C15H13NO. The fraction of sp³-hybridized carbons (Fsp3) is 0.333. The van der Waals surface area contributed by atoms with Gasteiger partial charge in [-0.15, -0.1) is 0 Å². The van der Waals surface area contributed by atoms with Crippen molar-refractivity contribution in [1.82, 2.24) is 0 Å². The summed E-state index contributed by atoms with van der Waals surface area (Å²) in [6, 6.07) is 12.4. The average molecular weight is 223 g/mol. The highest BCUT2D eigenvalue weighted by Gasteiger charge is 2.46. The van der Waals surface area contributed by atoms with Gasteiger partial charge in [0.1, 0.15) is 0 Å². The lowest BCUT2D eigenvalue weighted by Crippen LogP contribution is -2.20. The first-order valence-corrected chi connectivity index (χ1v) is 5.94.